The molecule has 1 aromatic carbocycles. The first-order valence-electron chi connectivity index (χ1n) is 6.06. The number of hydrogen-bond acceptors (Lipinski definition) is 6. The zero-order valence-electron chi connectivity index (χ0n) is 11.2. The van der Waals surface area contributed by atoms with E-state index in [0.717, 1.165) is 5.56 Å². The summed E-state index contributed by atoms with van der Waals surface area (Å²) < 4.78 is 5.21. The average molecular weight is 284 g/mol. The zero-order chi connectivity index (χ0) is 15.2. The Morgan fingerprint density at radius 1 is 1.43 bits per heavy atom. The van der Waals surface area contributed by atoms with Crippen molar-refractivity contribution in [1.29, 1.82) is 5.26 Å². The van der Waals surface area contributed by atoms with E-state index < -0.39 is 4.92 Å². The van der Waals surface area contributed by atoms with Crippen LogP contribution < -0.4 is 10.1 Å². The number of ether oxygens (including phenoxy) is 1. The molecule has 0 aliphatic rings. The first-order chi connectivity index (χ1) is 10.2. The number of nitrogens with one attached hydrogen (secondary N) is 1. The lowest BCUT2D eigenvalue weighted by Crippen LogP contribution is -2.07. The number of benzene rings is 1. The molecular weight excluding hydrogens is 272 g/mol. The summed E-state index contributed by atoms with van der Waals surface area (Å²) in [6.07, 6.45) is 1.36. The maximum absolute atomic E-state index is 11.1. The molecule has 0 spiro atoms. The molecular formula is C14H12N4O3. The molecule has 1 aromatic heterocycles. The quantitative estimate of drug-likeness (QED) is 0.668. The Hall–Kier alpha value is -3.14. The van der Waals surface area contributed by atoms with Crippen molar-refractivity contribution in [2.45, 2.75) is 6.54 Å². The van der Waals surface area contributed by atoms with Gasteiger partial charge < -0.3 is 10.1 Å². The Labute approximate surface area is 121 Å². The Morgan fingerprint density at radius 2 is 2.19 bits per heavy atom. The van der Waals surface area contributed by atoms with Crippen LogP contribution in [0.2, 0.25) is 0 Å². The minimum absolute atomic E-state index is 0.0301. The Kier molecular flexibility index (Phi) is 4.31. The van der Waals surface area contributed by atoms with Gasteiger partial charge in [0.05, 0.1) is 12.0 Å². The van der Waals surface area contributed by atoms with Crippen molar-refractivity contribution < 1.29 is 9.66 Å². The fraction of sp³-hybridized carbons (Fsp3) is 0.143. The maximum atomic E-state index is 11.1. The molecule has 0 aliphatic heterocycles. The van der Waals surface area contributed by atoms with Crippen LogP contribution in [0.15, 0.2) is 36.5 Å². The van der Waals surface area contributed by atoms with Gasteiger partial charge in [0.2, 0.25) is 5.82 Å². The summed E-state index contributed by atoms with van der Waals surface area (Å²) in [6.45, 7) is 0.298. The number of methoxy groups -OCH3 is 1. The smallest absolute Gasteiger partial charge is 0.328 e. The highest BCUT2D eigenvalue weighted by Gasteiger charge is 2.21. The van der Waals surface area contributed by atoms with Gasteiger partial charge in [-0.15, -0.1) is 0 Å². The summed E-state index contributed by atoms with van der Waals surface area (Å²) in [5.74, 6) is 0.731. The van der Waals surface area contributed by atoms with Gasteiger partial charge in [-0.2, -0.15) is 5.26 Å². The van der Waals surface area contributed by atoms with Gasteiger partial charge in [0.25, 0.3) is 0 Å². The standard InChI is InChI=1S/C14H12N4O3/c1-21-12-5-3-2-4-11(12)9-17-14-13(18(19)20)10(8-15)6-7-16-14/h2-7H,9H2,1H3,(H,16,17). The molecule has 0 fully saturated rings. The van der Waals surface area contributed by atoms with Crippen LogP contribution in [-0.4, -0.2) is 17.0 Å². The lowest BCUT2D eigenvalue weighted by Gasteiger charge is -2.10. The fourth-order valence-electron chi connectivity index (χ4n) is 1.89. The van der Waals surface area contributed by atoms with Crippen molar-refractivity contribution >= 4 is 11.5 Å². The van der Waals surface area contributed by atoms with Crippen molar-refractivity contribution in [3.63, 3.8) is 0 Å². The van der Waals surface area contributed by atoms with Crippen LogP contribution in [-0.2, 0) is 6.54 Å². The SMILES string of the molecule is COc1ccccc1CNc1nccc(C#N)c1[N+](=O)[O-]. The molecule has 7 heteroatoms. The van der Waals surface area contributed by atoms with Gasteiger partial charge in [-0.25, -0.2) is 4.98 Å². The van der Waals surface area contributed by atoms with Crippen LogP contribution in [0.4, 0.5) is 11.5 Å². The van der Waals surface area contributed by atoms with Crippen LogP contribution >= 0.6 is 0 Å². The number of pyridine rings is 1. The molecule has 0 aliphatic carbocycles. The predicted molar refractivity (Wildman–Crippen MR) is 75.9 cm³/mol. The van der Waals surface area contributed by atoms with E-state index >= 15 is 0 Å². The van der Waals surface area contributed by atoms with Gasteiger partial charge in [-0.05, 0) is 12.1 Å². The molecule has 0 saturated heterocycles. The Bertz CT molecular complexity index is 710. The summed E-state index contributed by atoms with van der Waals surface area (Å²) in [6, 6.07) is 10.4. The second-order valence-electron chi connectivity index (χ2n) is 4.09. The van der Waals surface area contributed by atoms with E-state index in [9.17, 15) is 10.1 Å². The lowest BCUT2D eigenvalue weighted by molar-refractivity contribution is -0.384. The number of nitro groups is 1. The molecule has 0 atom stereocenters. The van der Waals surface area contributed by atoms with E-state index in [-0.39, 0.29) is 17.1 Å². The topological polar surface area (TPSA) is 101 Å². The Balaban J connectivity index is 2.29. The summed E-state index contributed by atoms with van der Waals surface area (Å²) in [7, 11) is 1.55. The summed E-state index contributed by atoms with van der Waals surface area (Å²) in [4.78, 5) is 14.4. The molecule has 1 heterocycles. The van der Waals surface area contributed by atoms with E-state index in [0.29, 0.717) is 12.3 Å². The number of hydrogen-bond donors (Lipinski definition) is 1. The minimum Gasteiger partial charge on any atom is -0.496 e. The molecule has 0 radical (unpaired) electrons. The van der Waals surface area contributed by atoms with Crippen LogP contribution in [0.25, 0.3) is 0 Å². The number of aromatic nitrogens is 1. The van der Waals surface area contributed by atoms with Crippen LogP contribution in [0, 0.1) is 21.4 Å². The third-order valence-electron chi connectivity index (χ3n) is 2.87. The third kappa shape index (κ3) is 3.06. The van der Waals surface area contributed by atoms with Gasteiger partial charge >= 0.3 is 5.69 Å². The van der Waals surface area contributed by atoms with Gasteiger partial charge in [-0.3, -0.25) is 10.1 Å². The monoisotopic (exact) mass is 284 g/mol. The molecule has 21 heavy (non-hydrogen) atoms. The van der Waals surface area contributed by atoms with Crippen molar-refractivity contribution in [2.75, 3.05) is 12.4 Å². The number of nitriles is 1. The van der Waals surface area contributed by atoms with Gasteiger partial charge in [-0.1, -0.05) is 18.2 Å². The Morgan fingerprint density at radius 3 is 2.86 bits per heavy atom. The lowest BCUT2D eigenvalue weighted by atomic mass is 10.2. The fourth-order valence-corrected chi connectivity index (χ4v) is 1.89. The molecule has 7 nitrogen and oxygen atoms in total. The van der Waals surface area contributed by atoms with Crippen LogP contribution in [0.5, 0.6) is 5.75 Å². The van der Waals surface area contributed by atoms with E-state index in [1.807, 2.05) is 18.2 Å². The van der Waals surface area contributed by atoms with Crippen LogP contribution in [0.3, 0.4) is 0 Å². The first kappa shape index (κ1) is 14.3. The first-order valence-corrected chi connectivity index (χ1v) is 6.06. The highest BCUT2D eigenvalue weighted by Crippen LogP contribution is 2.27. The van der Waals surface area contributed by atoms with Gasteiger partial charge in [0.1, 0.15) is 17.4 Å². The average Bonchev–Trinajstić information content (AvgIpc) is 2.52. The molecule has 0 amide bonds. The van der Waals surface area contributed by atoms with E-state index in [1.54, 1.807) is 19.2 Å². The molecule has 0 bridgehead atoms. The summed E-state index contributed by atoms with van der Waals surface area (Å²) in [5, 5.41) is 22.9. The minimum atomic E-state index is -0.615. The van der Waals surface area contributed by atoms with Gasteiger partial charge in [0, 0.05) is 18.3 Å². The van der Waals surface area contributed by atoms with Crippen LogP contribution in [0.1, 0.15) is 11.1 Å². The summed E-state index contributed by atoms with van der Waals surface area (Å²) >= 11 is 0. The molecule has 0 unspecified atom stereocenters. The molecule has 1 N–H and O–H groups in total. The van der Waals surface area contributed by atoms with Gasteiger partial charge in [0.15, 0.2) is 0 Å². The highest BCUT2D eigenvalue weighted by atomic mass is 16.6. The van der Waals surface area contributed by atoms with Crippen molar-refractivity contribution in [3.8, 4) is 11.8 Å². The van der Waals surface area contributed by atoms with Crippen molar-refractivity contribution in [2.24, 2.45) is 0 Å². The molecule has 106 valence electrons. The highest BCUT2D eigenvalue weighted by molar-refractivity contribution is 5.64. The maximum Gasteiger partial charge on any atom is 0.328 e. The number of rotatable bonds is 5. The van der Waals surface area contributed by atoms with Crippen molar-refractivity contribution in [3.05, 3.63) is 57.8 Å². The number of nitrogens with zero attached hydrogens (tertiary/aromatic N) is 3. The van der Waals surface area contributed by atoms with E-state index in [1.165, 1.54) is 12.3 Å². The zero-order valence-corrected chi connectivity index (χ0v) is 11.2. The molecule has 2 rings (SSSR count). The molecule has 0 saturated carbocycles. The largest absolute Gasteiger partial charge is 0.496 e. The summed E-state index contributed by atoms with van der Waals surface area (Å²) in [5.41, 5.74) is 0.478. The third-order valence-corrected chi connectivity index (χ3v) is 2.87. The van der Waals surface area contributed by atoms with Crippen molar-refractivity contribution in [1.82, 2.24) is 4.98 Å². The normalized spacial score (nSPS) is 9.71. The molecule has 2 aromatic rings. The second kappa shape index (κ2) is 6.34. The number of para-hydroxylation sites is 1. The van der Waals surface area contributed by atoms with E-state index in [2.05, 4.69) is 10.3 Å². The predicted octanol–water partition coefficient (Wildman–Crippen LogP) is 2.48. The van der Waals surface area contributed by atoms with E-state index in [4.69, 9.17) is 10.00 Å². The second-order valence-corrected chi connectivity index (χ2v) is 4.09. The number of anilines is 1.